The number of rotatable bonds is 17. The molecule has 0 bridgehead atoms. The second-order valence-corrected chi connectivity index (χ2v) is 9.92. The molecule has 2 rings (SSSR count). The summed E-state index contributed by atoms with van der Waals surface area (Å²) >= 11 is 0. The number of unbranched alkanes of at least 4 members (excludes halogenated alkanes) is 1. The Morgan fingerprint density at radius 1 is 1.00 bits per heavy atom. The van der Waals surface area contributed by atoms with Gasteiger partial charge in [-0.05, 0) is 70.7 Å². The monoisotopic (exact) mass is 517 g/mol. The lowest BCUT2D eigenvalue weighted by Gasteiger charge is -2.20. The third kappa shape index (κ3) is 11.0. The molecule has 1 N–H and O–H groups in total. The van der Waals surface area contributed by atoms with E-state index in [0.717, 1.165) is 30.7 Å². The van der Waals surface area contributed by atoms with E-state index < -0.39 is 17.7 Å². The van der Waals surface area contributed by atoms with Crippen LogP contribution in [0.1, 0.15) is 75.5 Å². The van der Waals surface area contributed by atoms with E-state index in [-0.39, 0.29) is 5.97 Å². The fraction of sp³-hybridized carbons (Fsp3) is 0.586. The number of esters is 1. The fourth-order valence-electron chi connectivity index (χ4n) is 3.81. The molecule has 0 aliphatic heterocycles. The summed E-state index contributed by atoms with van der Waals surface area (Å²) in [6.45, 7) is 12.3. The number of aliphatic carboxylic acids is 1. The molecule has 0 amide bonds. The average Bonchev–Trinajstić information content (AvgIpc) is 3.24. The fourth-order valence-corrected chi connectivity index (χ4v) is 3.81. The van der Waals surface area contributed by atoms with E-state index in [1.165, 1.54) is 0 Å². The third-order valence-electron chi connectivity index (χ3n) is 5.63. The molecule has 1 heterocycles. The van der Waals surface area contributed by atoms with Gasteiger partial charge in [0.15, 0.2) is 6.10 Å². The van der Waals surface area contributed by atoms with Gasteiger partial charge in [-0.1, -0.05) is 25.5 Å². The molecule has 0 radical (unpaired) electrons. The molecule has 1 atom stereocenters. The quantitative estimate of drug-likeness (QED) is 0.225. The second-order valence-electron chi connectivity index (χ2n) is 9.92. The minimum Gasteiger partial charge on any atom is -0.494 e. The summed E-state index contributed by atoms with van der Waals surface area (Å²) in [4.78, 5) is 24.1. The van der Waals surface area contributed by atoms with Crippen molar-refractivity contribution in [1.29, 1.82) is 0 Å². The SMILES string of the molecule is CCCCOCCn1ccc(C(=O)OC(C)(C)C)c1CCCOc1ccc(CC(OCC)C(=O)O)cc1. The van der Waals surface area contributed by atoms with Gasteiger partial charge in [0.25, 0.3) is 0 Å². The Balaban J connectivity index is 1.95. The summed E-state index contributed by atoms with van der Waals surface area (Å²) < 4.78 is 24.6. The van der Waals surface area contributed by atoms with Gasteiger partial charge in [-0.2, -0.15) is 0 Å². The number of nitrogens with zero attached hydrogens (tertiary/aromatic N) is 1. The number of carbonyl (C=O) groups excluding carboxylic acids is 1. The maximum absolute atomic E-state index is 12.8. The molecule has 0 spiro atoms. The molecule has 0 saturated heterocycles. The van der Waals surface area contributed by atoms with E-state index in [1.807, 2.05) is 57.3 Å². The highest BCUT2D eigenvalue weighted by atomic mass is 16.6. The van der Waals surface area contributed by atoms with Crippen molar-refractivity contribution in [1.82, 2.24) is 4.57 Å². The maximum Gasteiger partial charge on any atom is 0.340 e. The lowest BCUT2D eigenvalue weighted by atomic mass is 10.1. The molecule has 1 aromatic heterocycles. The zero-order valence-electron chi connectivity index (χ0n) is 23.0. The minimum absolute atomic E-state index is 0.302. The first kappa shape index (κ1) is 30.4. The molecular weight excluding hydrogens is 474 g/mol. The number of ether oxygens (including phenoxy) is 4. The van der Waals surface area contributed by atoms with Crippen molar-refractivity contribution in [3.63, 3.8) is 0 Å². The van der Waals surface area contributed by atoms with Gasteiger partial charge in [0, 0.05) is 38.1 Å². The molecule has 1 aromatic carbocycles. The van der Waals surface area contributed by atoms with Crippen LogP contribution >= 0.6 is 0 Å². The molecule has 1 unspecified atom stereocenters. The number of benzene rings is 1. The Morgan fingerprint density at radius 2 is 1.73 bits per heavy atom. The predicted octanol–water partition coefficient (Wildman–Crippen LogP) is 5.30. The highest BCUT2D eigenvalue weighted by Crippen LogP contribution is 2.20. The van der Waals surface area contributed by atoms with Crippen molar-refractivity contribution in [3.8, 4) is 5.75 Å². The van der Waals surface area contributed by atoms with Gasteiger partial charge in [0.05, 0.1) is 18.8 Å². The summed E-state index contributed by atoms with van der Waals surface area (Å²) in [6.07, 6.45) is 4.86. The van der Waals surface area contributed by atoms with E-state index in [0.29, 0.717) is 56.9 Å². The van der Waals surface area contributed by atoms with Crippen molar-refractivity contribution in [2.45, 2.75) is 85.0 Å². The highest BCUT2D eigenvalue weighted by Gasteiger charge is 2.22. The van der Waals surface area contributed by atoms with Gasteiger partial charge in [0.1, 0.15) is 11.4 Å². The van der Waals surface area contributed by atoms with Crippen LogP contribution in [0.15, 0.2) is 36.5 Å². The van der Waals surface area contributed by atoms with Crippen LogP contribution in [0.2, 0.25) is 0 Å². The molecule has 8 nitrogen and oxygen atoms in total. The Hall–Kier alpha value is -2.84. The molecule has 0 fully saturated rings. The van der Waals surface area contributed by atoms with E-state index in [1.54, 1.807) is 6.92 Å². The molecular formula is C29H43NO7. The van der Waals surface area contributed by atoms with Crippen molar-refractivity contribution < 1.29 is 33.6 Å². The molecule has 0 aliphatic rings. The topological polar surface area (TPSA) is 96.2 Å². The van der Waals surface area contributed by atoms with Gasteiger partial charge in [0.2, 0.25) is 0 Å². The highest BCUT2D eigenvalue weighted by molar-refractivity contribution is 5.91. The van der Waals surface area contributed by atoms with Crippen LogP contribution in [-0.2, 0) is 38.4 Å². The van der Waals surface area contributed by atoms with Crippen LogP contribution < -0.4 is 4.74 Å². The zero-order valence-corrected chi connectivity index (χ0v) is 23.0. The molecule has 2 aromatic rings. The third-order valence-corrected chi connectivity index (χ3v) is 5.63. The molecule has 37 heavy (non-hydrogen) atoms. The van der Waals surface area contributed by atoms with E-state index in [4.69, 9.17) is 18.9 Å². The summed E-state index contributed by atoms with van der Waals surface area (Å²) in [5.41, 5.74) is 1.80. The molecule has 206 valence electrons. The van der Waals surface area contributed by atoms with Crippen LogP contribution in [0.5, 0.6) is 5.75 Å². The average molecular weight is 518 g/mol. The van der Waals surface area contributed by atoms with E-state index >= 15 is 0 Å². The molecule has 0 saturated carbocycles. The van der Waals surface area contributed by atoms with Crippen LogP contribution in [0, 0.1) is 0 Å². The van der Waals surface area contributed by atoms with Crippen molar-refractivity contribution >= 4 is 11.9 Å². The van der Waals surface area contributed by atoms with E-state index in [2.05, 4.69) is 11.5 Å². The Kier molecular flexibility index (Phi) is 12.7. The summed E-state index contributed by atoms with van der Waals surface area (Å²) in [5, 5.41) is 9.27. The first-order valence-electron chi connectivity index (χ1n) is 13.2. The first-order chi connectivity index (χ1) is 17.6. The second kappa shape index (κ2) is 15.4. The standard InChI is InChI=1S/C29H43NO7/c1-6-8-18-34-20-17-30-16-15-24(28(33)37-29(3,4)5)25(30)10-9-19-36-23-13-11-22(12-14-23)21-26(27(31)32)35-7-2/h11-16,26H,6-10,17-21H2,1-5H3,(H,31,32). The van der Waals surface area contributed by atoms with Crippen LogP contribution in [0.4, 0.5) is 0 Å². The van der Waals surface area contributed by atoms with Gasteiger partial charge in [-0.25, -0.2) is 9.59 Å². The first-order valence-corrected chi connectivity index (χ1v) is 13.2. The lowest BCUT2D eigenvalue weighted by Crippen LogP contribution is -2.26. The van der Waals surface area contributed by atoms with Gasteiger partial charge >= 0.3 is 11.9 Å². The summed E-state index contributed by atoms with van der Waals surface area (Å²) in [7, 11) is 0. The van der Waals surface area contributed by atoms with Crippen molar-refractivity contribution in [2.24, 2.45) is 0 Å². The molecule has 0 aliphatic carbocycles. The van der Waals surface area contributed by atoms with Crippen LogP contribution in [0.25, 0.3) is 0 Å². The van der Waals surface area contributed by atoms with Gasteiger partial charge in [-0.3, -0.25) is 0 Å². The number of carboxylic acid groups (broad SMARTS) is 1. The van der Waals surface area contributed by atoms with Crippen molar-refractivity contribution in [3.05, 3.63) is 53.3 Å². The van der Waals surface area contributed by atoms with Gasteiger partial charge in [-0.15, -0.1) is 0 Å². The smallest absolute Gasteiger partial charge is 0.340 e. The number of aromatic nitrogens is 1. The maximum atomic E-state index is 12.8. The summed E-state index contributed by atoms with van der Waals surface area (Å²) in [6, 6.07) is 9.20. The number of hydrogen-bond donors (Lipinski definition) is 1. The van der Waals surface area contributed by atoms with Crippen LogP contribution in [0.3, 0.4) is 0 Å². The normalized spacial score (nSPS) is 12.4. The van der Waals surface area contributed by atoms with Crippen molar-refractivity contribution in [2.75, 3.05) is 26.4 Å². The zero-order chi connectivity index (χ0) is 27.3. The largest absolute Gasteiger partial charge is 0.494 e. The number of carbonyl (C=O) groups is 2. The van der Waals surface area contributed by atoms with E-state index in [9.17, 15) is 14.7 Å². The van der Waals surface area contributed by atoms with Crippen LogP contribution in [-0.4, -0.2) is 59.7 Å². The Labute approximate surface area is 220 Å². The van der Waals surface area contributed by atoms with Gasteiger partial charge < -0.3 is 28.6 Å². The predicted molar refractivity (Wildman–Crippen MR) is 142 cm³/mol. The Morgan fingerprint density at radius 3 is 2.35 bits per heavy atom. The summed E-state index contributed by atoms with van der Waals surface area (Å²) in [5.74, 6) is -0.583. The Bertz CT molecular complexity index is 960. The number of carboxylic acids is 1. The lowest BCUT2D eigenvalue weighted by molar-refractivity contribution is -0.149. The number of hydrogen-bond acceptors (Lipinski definition) is 6. The molecule has 8 heteroatoms. The minimum atomic E-state index is -0.967.